The van der Waals surface area contributed by atoms with Gasteiger partial charge in [-0.3, -0.25) is 4.79 Å². The van der Waals surface area contributed by atoms with Crippen LogP contribution in [0.4, 0.5) is 4.39 Å². The van der Waals surface area contributed by atoms with E-state index in [0.717, 1.165) is 17.5 Å². The van der Waals surface area contributed by atoms with E-state index in [4.69, 9.17) is 5.73 Å². The predicted octanol–water partition coefficient (Wildman–Crippen LogP) is 3.93. The summed E-state index contributed by atoms with van der Waals surface area (Å²) in [6.07, 6.45) is 1.00. The van der Waals surface area contributed by atoms with Gasteiger partial charge in [-0.25, -0.2) is 4.39 Å². The molecule has 0 unspecified atom stereocenters. The van der Waals surface area contributed by atoms with E-state index in [1.54, 1.807) is 17.0 Å². The number of hydrogen-bond donors (Lipinski definition) is 1. The average Bonchev–Trinajstić information content (AvgIpc) is 2.55. The van der Waals surface area contributed by atoms with Gasteiger partial charge in [0.2, 0.25) is 5.91 Å². The molecule has 0 saturated heterocycles. The van der Waals surface area contributed by atoms with Crippen molar-refractivity contribution in [3.63, 3.8) is 0 Å². The number of nitrogens with two attached hydrogens (primary N) is 1. The maximum absolute atomic E-state index is 13.3. The van der Waals surface area contributed by atoms with E-state index >= 15 is 0 Å². The number of benzene rings is 2. The first-order chi connectivity index (χ1) is 11.1. The number of nitrogens with zero attached hydrogens (tertiary/aromatic N) is 1. The number of amides is 1. The van der Waals surface area contributed by atoms with Gasteiger partial charge in [0.15, 0.2) is 0 Å². The molecule has 24 heavy (non-hydrogen) atoms. The van der Waals surface area contributed by atoms with Gasteiger partial charge < -0.3 is 10.6 Å². The van der Waals surface area contributed by atoms with Crippen LogP contribution < -0.4 is 5.73 Å². The van der Waals surface area contributed by atoms with Crippen LogP contribution in [0.15, 0.2) is 53.0 Å². The van der Waals surface area contributed by atoms with Crippen molar-refractivity contribution in [2.75, 3.05) is 13.1 Å². The molecule has 0 bridgehead atoms. The lowest BCUT2D eigenvalue weighted by atomic mass is 10.1. The number of rotatable bonds is 7. The van der Waals surface area contributed by atoms with Crippen LogP contribution in [-0.4, -0.2) is 23.9 Å². The molecule has 0 heterocycles. The molecule has 0 fully saturated rings. The summed E-state index contributed by atoms with van der Waals surface area (Å²) in [5.74, 6) is -0.314. The summed E-state index contributed by atoms with van der Waals surface area (Å²) in [6.45, 7) is 1.72. The molecule has 2 rings (SSSR count). The third kappa shape index (κ3) is 6.23. The molecule has 0 radical (unpaired) electrons. The smallest absolute Gasteiger partial charge is 0.227 e. The van der Waals surface area contributed by atoms with Crippen LogP contribution in [0.25, 0.3) is 0 Å². The van der Waals surface area contributed by atoms with E-state index in [-0.39, 0.29) is 30.6 Å². The Balaban J connectivity index is 0.00000288. The van der Waals surface area contributed by atoms with Gasteiger partial charge in [0, 0.05) is 13.1 Å². The van der Waals surface area contributed by atoms with E-state index in [1.807, 2.05) is 30.3 Å². The van der Waals surface area contributed by atoms with E-state index in [9.17, 15) is 9.18 Å². The van der Waals surface area contributed by atoms with Crippen molar-refractivity contribution in [2.24, 2.45) is 5.73 Å². The van der Waals surface area contributed by atoms with Gasteiger partial charge in [0.25, 0.3) is 0 Å². The highest BCUT2D eigenvalue weighted by Gasteiger charge is 2.15. The SMILES string of the molecule is Cl.NCCCN(Cc1ccccc1)C(=O)Cc1ccc(F)c(Br)c1. The van der Waals surface area contributed by atoms with Crippen molar-refractivity contribution in [2.45, 2.75) is 19.4 Å². The maximum atomic E-state index is 13.3. The first-order valence-corrected chi connectivity index (χ1v) is 8.35. The zero-order valence-electron chi connectivity index (χ0n) is 13.3. The minimum atomic E-state index is -0.328. The molecule has 130 valence electrons. The maximum Gasteiger partial charge on any atom is 0.227 e. The van der Waals surface area contributed by atoms with Crippen LogP contribution in [-0.2, 0) is 17.8 Å². The minimum absolute atomic E-state index is 0. The molecule has 6 heteroatoms. The summed E-state index contributed by atoms with van der Waals surface area (Å²) < 4.78 is 13.7. The molecule has 2 aromatic carbocycles. The second-order valence-corrected chi connectivity index (χ2v) is 6.22. The van der Waals surface area contributed by atoms with Gasteiger partial charge in [-0.15, -0.1) is 12.4 Å². The highest BCUT2D eigenvalue weighted by Crippen LogP contribution is 2.18. The fourth-order valence-corrected chi connectivity index (χ4v) is 2.74. The lowest BCUT2D eigenvalue weighted by Crippen LogP contribution is -2.33. The second kappa shape index (κ2) is 10.4. The van der Waals surface area contributed by atoms with Gasteiger partial charge in [0.05, 0.1) is 10.9 Å². The summed E-state index contributed by atoms with van der Waals surface area (Å²) in [5.41, 5.74) is 7.44. The van der Waals surface area contributed by atoms with Gasteiger partial charge in [-0.05, 0) is 52.2 Å². The normalized spacial score (nSPS) is 10.1. The Hall–Kier alpha value is -1.43. The largest absolute Gasteiger partial charge is 0.338 e. The monoisotopic (exact) mass is 414 g/mol. The Kier molecular flexibility index (Phi) is 8.97. The van der Waals surface area contributed by atoms with Crippen LogP contribution in [0.2, 0.25) is 0 Å². The highest BCUT2D eigenvalue weighted by molar-refractivity contribution is 9.10. The van der Waals surface area contributed by atoms with Crippen LogP contribution in [0.5, 0.6) is 0 Å². The highest BCUT2D eigenvalue weighted by atomic mass is 79.9. The zero-order valence-corrected chi connectivity index (χ0v) is 15.7. The van der Waals surface area contributed by atoms with Gasteiger partial charge >= 0.3 is 0 Å². The molecule has 0 atom stereocenters. The summed E-state index contributed by atoms with van der Waals surface area (Å²) >= 11 is 3.15. The molecule has 0 aromatic heterocycles. The molecule has 1 amide bonds. The third-order valence-corrected chi connectivity index (χ3v) is 4.15. The first-order valence-electron chi connectivity index (χ1n) is 7.56. The topological polar surface area (TPSA) is 46.3 Å². The molecule has 0 saturated carbocycles. The van der Waals surface area contributed by atoms with E-state index in [2.05, 4.69) is 15.9 Å². The second-order valence-electron chi connectivity index (χ2n) is 5.37. The molecule has 3 nitrogen and oxygen atoms in total. The Morgan fingerprint density at radius 2 is 1.83 bits per heavy atom. The fraction of sp³-hybridized carbons (Fsp3) is 0.278. The molecule has 2 aromatic rings. The fourth-order valence-electron chi connectivity index (χ4n) is 2.31. The molecule has 0 spiro atoms. The first kappa shape index (κ1) is 20.6. The number of carbonyl (C=O) groups excluding carboxylic acids is 1. The van der Waals surface area contributed by atoms with E-state index in [1.165, 1.54) is 6.07 Å². The molecule has 0 aliphatic heterocycles. The van der Waals surface area contributed by atoms with Crippen molar-refractivity contribution >= 4 is 34.2 Å². The molecule has 0 aliphatic rings. The van der Waals surface area contributed by atoms with Gasteiger partial charge in [-0.1, -0.05) is 36.4 Å². The van der Waals surface area contributed by atoms with Crippen molar-refractivity contribution in [1.82, 2.24) is 4.90 Å². The predicted molar refractivity (Wildman–Crippen MR) is 101 cm³/mol. The zero-order chi connectivity index (χ0) is 16.7. The molecular weight excluding hydrogens is 395 g/mol. The van der Waals surface area contributed by atoms with Gasteiger partial charge in [-0.2, -0.15) is 0 Å². The summed E-state index contributed by atoms with van der Waals surface area (Å²) in [4.78, 5) is 14.4. The Morgan fingerprint density at radius 3 is 2.46 bits per heavy atom. The van der Waals surface area contributed by atoms with Crippen molar-refractivity contribution in [3.8, 4) is 0 Å². The van der Waals surface area contributed by atoms with E-state index < -0.39 is 0 Å². The van der Waals surface area contributed by atoms with Crippen molar-refractivity contribution in [1.29, 1.82) is 0 Å². The Morgan fingerprint density at radius 1 is 1.12 bits per heavy atom. The van der Waals surface area contributed by atoms with Crippen LogP contribution in [0.1, 0.15) is 17.5 Å². The lowest BCUT2D eigenvalue weighted by Gasteiger charge is -2.23. The lowest BCUT2D eigenvalue weighted by molar-refractivity contribution is -0.131. The van der Waals surface area contributed by atoms with Crippen LogP contribution in [0.3, 0.4) is 0 Å². The summed E-state index contributed by atoms with van der Waals surface area (Å²) in [6, 6.07) is 14.5. The quantitative estimate of drug-likeness (QED) is 0.745. The van der Waals surface area contributed by atoms with Crippen LogP contribution in [0, 0.1) is 5.82 Å². The Bertz CT molecular complexity index is 655. The van der Waals surface area contributed by atoms with Gasteiger partial charge in [0.1, 0.15) is 5.82 Å². The number of halogens is 3. The molecular formula is C18H21BrClFN2O. The summed E-state index contributed by atoms with van der Waals surface area (Å²) in [5, 5.41) is 0. The van der Waals surface area contributed by atoms with Crippen molar-refractivity contribution in [3.05, 3.63) is 69.9 Å². The molecule has 2 N–H and O–H groups in total. The van der Waals surface area contributed by atoms with E-state index in [0.29, 0.717) is 24.1 Å². The molecule has 0 aliphatic carbocycles. The Labute approximate surface area is 156 Å². The average molecular weight is 416 g/mol. The standard InChI is InChI=1S/C18H20BrFN2O.ClH/c19-16-11-15(7-8-17(16)20)12-18(23)22(10-4-9-21)13-14-5-2-1-3-6-14;/h1-3,5-8,11H,4,9-10,12-13,21H2;1H. The number of carbonyl (C=O) groups is 1. The number of hydrogen-bond acceptors (Lipinski definition) is 2. The minimum Gasteiger partial charge on any atom is -0.338 e. The van der Waals surface area contributed by atoms with Crippen LogP contribution >= 0.6 is 28.3 Å². The van der Waals surface area contributed by atoms with Crippen molar-refractivity contribution < 1.29 is 9.18 Å². The summed E-state index contributed by atoms with van der Waals surface area (Å²) in [7, 11) is 0. The third-order valence-electron chi connectivity index (χ3n) is 3.54.